The summed E-state index contributed by atoms with van der Waals surface area (Å²) in [5, 5.41) is 11.8. The van der Waals surface area contributed by atoms with Crippen molar-refractivity contribution in [1.29, 1.82) is 0 Å². The molecule has 0 aliphatic heterocycles. The van der Waals surface area contributed by atoms with E-state index >= 15 is 0 Å². The number of likely N-dealkylation sites (N-methyl/N-ethyl adjacent to an activating group) is 1. The Morgan fingerprint density at radius 2 is 0.803 bits per heavy atom. The van der Waals surface area contributed by atoms with E-state index < -0.39 is 24.3 Å². The van der Waals surface area contributed by atoms with E-state index in [0.29, 0.717) is 17.4 Å². The average molecular weight is 991 g/mol. The Labute approximate surface area is 434 Å². The molecule has 2 atom stereocenters. The number of carbonyl (C=O) groups excluding carboxylic acids is 3. The predicted octanol–water partition coefficient (Wildman–Crippen LogP) is 15.0. The van der Waals surface area contributed by atoms with Gasteiger partial charge in [0.15, 0.2) is 12.4 Å². The van der Waals surface area contributed by atoms with E-state index in [9.17, 15) is 19.5 Å². The Morgan fingerprint density at radius 3 is 1.20 bits per heavy atom. The van der Waals surface area contributed by atoms with E-state index in [2.05, 4.69) is 123 Å². The fourth-order valence-electron chi connectivity index (χ4n) is 7.19. The number of carbonyl (C=O) groups is 3. The number of carboxylic acids is 1. The first-order valence-corrected chi connectivity index (χ1v) is 28.0. The van der Waals surface area contributed by atoms with Crippen LogP contribution in [-0.2, 0) is 33.3 Å². The highest BCUT2D eigenvalue weighted by Crippen LogP contribution is 2.13. The van der Waals surface area contributed by atoms with Crippen molar-refractivity contribution in [3.05, 3.63) is 109 Å². The van der Waals surface area contributed by atoms with E-state index in [-0.39, 0.29) is 38.6 Å². The van der Waals surface area contributed by atoms with Gasteiger partial charge in [-0.15, -0.1) is 0 Å². The van der Waals surface area contributed by atoms with Crippen LogP contribution in [0.15, 0.2) is 109 Å². The van der Waals surface area contributed by atoms with Crippen LogP contribution in [0.2, 0.25) is 0 Å². The molecule has 0 N–H and O–H groups in total. The molecule has 0 fully saturated rings. The third-order valence-corrected chi connectivity index (χ3v) is 11.5. The van der Waals surface area contributed by atoms with Crippen LogP contribution in [0.5, 0.6) is 0 Å². The summed E-state index contributed by atoms with van der Waals surface area (Å²) in [5.41, 5.74) is 0. The maximum atomic E-state index is 12.9. The fourth-order valence-corrected chi connectivity index (χ4v) is 7.19. The van der Waals surface area contributed by atoms with Crippen LogP contribution in [-0.4, -0.2) is 82.3 Å². The summed E-state index contributed by atoms with van der Waals surface area (Å²) in [7, 11) is 5.90. The molecule has 0 aromatic rings. The molecule has 0 rings (SSSR count). The molecule has 2 unspecified atom stereocenters. The van der Waals surface area contributed by atoms with Crippen LogP contribution in [0.25, 0.3) is 0 Å². The first-order chi connectivity index (χ1) is 34.6. The van der Waals surface area contributed by atoms with Crippen LogP contribution in [0, 0.1) is 0 Å². The van der Waals surface area contributed by atoms with Gasteiger partial charge >= 0.3 is 11.9 Å². The van der Waals surface area contributed by atoms with Gasteiger partial charge < -0.3 is 33.3 Å². The zero-order chi connectivity index (χ0) is 52.0. The topological polar surface area (TPSA) is 111 Å². The van der Waals surface area contributed by atoms with Gasteiger partial charge in [0, 0.05) is 12.8 Å². The first-order valence-electron chi connectivity index (χ1n) is 28.0. The summed E-state index contributed by atoms with van der Waals surface area (Å²) in [6, 6.07) is 0. The van der Waals surface area contributed by atoms with Crippen molar-refractivity contribution < 1.29 is 42.9 Å². The zero-order valence-electron chi connectivity index (χ0n) is 45.8. The second-order valence-electron chi connectivity index (χ2n) is 19.5. The minimum Gasteiger partial charge on any atom is -0.545 e. The zero-order valence-corrected chi connectivity index (χ0v) is 45.8. The SMILES string of the molecule is CC/C=C\C/C=C\C/C=C\C/C=C\C/C=C\C/C=C\CCCCCCCCC(=O)OC(COC(=O)CCCCCCCC/C=C\C/C=C\C/C=C\CCCCCCC)COC(OCC[N+](C)(C)C)C(=O)[O-]. The highest BCUT2D eigenvalue weighted by atomic mass is 16.7. The van der Waals surface area contributed by atoms with Crippen molar-refractivity contribution in [1.82, 2.24) is 0 Å². The highest BCUT2D eigenvalue weighted by molar-refractivity contribution is 5.70. The molecule has 404 valence electrons. The summed E-state index contributed by atoms with van der Waals surface area (Å²) >= 11 is 0. The molecule has 0 bridgehead atoms. The van der Waals surface area contributed by atoms with Crippen molar-refractivity contribution in [2.75, 3.05) is 47.5 Å². The molecule has 0 saturated carbocycles. The van der Waals surface area contributed by atoms with Gasteiger partial charge in [0.25, 0.3) is 0 Å². The quantitative estimate of drug-likeness (QED) is 0.0195. The maximum absolute atomic E-state index is 12.9. The number of ether oxygens (including phenoxy) is 4. The molecule has 0 aliphatic carbocycles. The van der Waals surface area contributed by atoms with Crippen LogP contribution in [0.1, 0.15) is 206 Å². The summed E-state index contributed by atoms with van der Waals surface area (Å²) in [4.78, 5) is 37.3. The number of hydrogen-bond acceptors (Lipinski definition) is 8. The summed E-state index contributed by atoms with van der Waals surface area (Å²) < 4.78 is 22.6. The Hall–Kier alpha value is -4.05. The van der Waals surface area contributed by atoms with E-state index in [1.165, 1.54) is 44.9 Å². The van der Waals surface area contributed by atoms with Crippen LogP contribution < -0.4 is 5.11 Å². The number of aliphatic carboxylic acids is 1. The number of rotatable bonds is 50. The second-order valence-corrected chi connectivity index (χ2v) is 19.5. The lowest BCUT2D eigenvalue weighted by Gasteiger charge is -2.26. The molecule has 0 radical (unpaired) electrons. The molecule has 0 heterocycles. The number of quaternary nitrogens is 1. The number of esters is 2. The van der Waals surface area contributed by atoms with E-state index in [1.807, 2.05) is 21.1 Å². The van der Waals surface area contributed by atoms with Crippen LogP contribution in [0.4, 0.5) is 0 Å². The van der Waals surface area contributed by atoms with Gasteiger partial charge in [-0.2, -0.15) is 0 Å². The lowest BCUT2D eigenvalue weighted by atomic mass is 10.1. The molecular weight excluding hydrogens is 887 g/mol. The third-order valence-electron chi connectivity index (χ3n) is 11.5. The molecule has 0 aliphatic rings. The normalized spacial score (nSPS) is 13.6. The lowest BCUT2D eigenvalue weighted by molar-refractivity contribution is -0.870. The maximum Gasteiger partial charge on any atom is 0.306 e. The van der Waals surface area contributed by atoms with Crippen LogP contribution >= 0.6 is 0 Å². The van der Waals surface area contributed by atoms with Crippen molar-refractivity contribution >= 4 is 17.9 Å². The van der Waals surface area contributed by atoms with Crippen molar-refractivity contribution in [2.45, 2.75) is 219 Å². The molecule has 71 heavy (non-hydrogen) atoms. The lowest BCUT2D eigenvalue weighted by Crippen LogP contribution is -2.44. The van der Waals surface area contributed by atoms with Gasteiger partial charge in [0.2, 0.25) is 0 Å². The smallest absolute Gasteiger partial charge is 0.306 e. The van der Waals surface area contributed by atoms with Crippen LogP contribution in [0.3, 0.4) is 0 Å². The Kier molecular flexibility index (Phi) is 49.3. The molecule has 0 saturated heterocycles. The highest BCUT2D eigenvalue weighted by Gasteiger charge is 2.22. The molecule has 9 heteroatoms. The van der Waals surface area contributed by atoms with Gasteiger partial charge in [-0.3, -0.25) is 9.59 Å². The summed E-state index contributed by atoms with van der Waals surface area (Å²) in [6.07, 6.45) is 68.3. The van der Waals surface area contributed by atoms with Gasteiger partial charge in [-0.05, 0) is 103 Å². The predicted molar refractivity (Wildman–Crippen MR) is 297 cm³/mol. The molecule has 0 aromatic carbocycles. The van der Waals surface area contributed by atoms with E-state index in [0.717, 1.165) is 128 Å². The molecule has 9 nitrogen and oxygen atoms in total. The van der Waals surface area contributed by atoms with E-state index in [4.69, 9.17) is 18.9 Å². The fraction of sp³-hybridized carbons (Fsp3) is 0.661. The summed E-state index contributed by atoms with van der Waals surface area (Å²) in [6.45, 7) is 4.57. The monoisotopic (exact) mass is 990 g/mol. The Bertz CT molecular complexity index is 1530. The molecule has 0 spiro atoms. The van der Waals surface area contributed by atoms with Crippen molar-refractivity contribution in [3.8, 4) is 0 Å². The number of nitrogens with zero attached hydrogens (tertiary/aromatic N) is 1. The number of hydrogen-bond donors (Lipinski definition) is 0. The van der Waals surface area contributed by atoms with Gasteiger partial charge in [-0.1, -0.05) is 200 Å². The second kappa shape index (κ2) is 52.3. The number of carboxylic acid groups (broad SMARTS) is 1. The number of allylic oxidation sites excluding steroid dienone is 18. The standard InChI is InChI=1S/C62H103NO8/c1-6-8-10-12-14-16-18-20-22-24-26-28-29-30-31-33-35-37-39-41-43-45-47-49-51-53-60(65)71-58(57-70-62(61(66)67)68-55-54-63(3,4)5)56-69-59(64)52-50-48-46-44-42-40-38-36-34-32-27-25-23-21-19-17-15-13-11-9-7-2/h8,10,14,16,19-22,25-28,30-31,34-37,58,62H,6-7,9,11-13,15,17-18,23-24,29,32-33,38-57H2,1-5H3/b10-8-,16-14-,21-19-,22-20-,27-25-,28-26-,31-30-,36-34-,37-35-. The first kappa shape index (κ1) is 67.0. The van der Waals surface area contributed by atoms with Gasteiger partial charge in [0.1, 0.15) is 13.2 Å². The largest absolute Gasteiger partial charge is 0.545 e. The molecule has 0 amide bonds. The third kappa shape index (κ3) is 53.6. The van der Waals surface area contributed by atoms with Crippen molar-refractivity contribution in [2.24, 2.45) is 0 Å². The van der Waals surface area contributed by atoms with Crippen molar-refractivity contribution in [3.63, 3.8) is 0 Å². The molecule has 0 aromatic heterocycles. The van der Waals surface area contributed by atoms with Gasteiger partial charge in [-0.25, -0.2) is 0 Å². The number of unbranched alkanes of at least 4 members (excludes halogenated alkanes) is 17. The average Bonchev–Trinajstić information content (AvgIpc) is 3.34. The summed E-state index contributed by atoms with van der Waals surface area (Å²) in [5.74, 6) is -2.33. The van der Waals surface area contributed by atoms with E-state index in [1.54, 1.807) is 0 Å². The van der Waals surface area contributed by atoms with Gasteiger partial charge in [0.05, 0.1) is 40.3 Å². The minimum absolute atomic E-state index is 0.136. The Balaban J connectivity index is 4.38. The minimum atomic E-state index is -1.64. The molecular formula is C62H103NO8. The Morgan fingerprint density at radius 1 is 0.437 bits per heavy atom.